The Morgan fingerprint density at radius 1 is 1.07 bits per heavy atom. The molecule has 5 rings (SSSR count). The van der Waals surface area contributed by atoms with Gasteiger partial charge in [0.05, 0.1) is 11.6 Å². The SMILES string of the molecule is Cc1ncc2c(NC3c4ccccc4C4CCCC4C3(O)C(F)(F)F)cccc2n1. The van der Waals surface area contributed by atoms with Gasteiger partial charge in [0.25, 0.3) is 0 Å². The summed E-state index contributed by atoms with van der Waals surface area (Å²) in [6.45, 7) is 1.76. The van der Waals surface area contributed by atoms with Gasteiger partial charge < -0.3 is 10.4 Å². The Hall–Kier alpha value is -2.67. The van der Waals surface area contributed by atoms with Gasteiger partial charge in [-0.2, -0.15) is 13.2 Å². The van der Waals surface area contributed by atoms with Crippen LogP contribution in [0.25, 0.3) is 10.9 Å². The van der Waals surface area contributed by atoms with Crippen LogP contribution in [0.5, 0.6) is 0 Å². The summed E-state index contributed by atoms with van der Waals surface area (Å²) in [6, 6.07) is 11.1. The first kappa shape index (κ1) is 19.3. The number of hydrogen-bond acceptors (Lipinski definition) is 4. The van der Waals surface area contributed by atoms with Crippen molar-refractivity contribution in [1.82, 2.24) is 9.97 Å². The van der Waals surface area contributed by atoms with Crippen LogP contribution in [-0.4, -0.2) is 26.9 Å². The predicted octanol–water partition coefficient (Wildman–Crippen LogP) is 5.28. The average Bonchev–Trinajstić information content (AvgIpc) is 3.21. The largest absolute Gasteiger partial charge is 0.419 e. The minimum atomic E-state index is -4.77. The zero-order chi connectivity index (χ0) is 21.1. The van der Waals surface area contributed by atoms with E-state index in [0.717, 1.165) is 5.56 Å². The fourth-order valence-electron chi connectivity index (χ4n) is 5.41. The van der Waals surface area contributed by atoms with Crippen LogP contribution in [-0.2, 0) is 0 Å². The smallest absolute Gasteiger partial charge is 0.378 e. The summed E-state index contributed by atoms with van der Waals surface area (Å²) in [5.74, 6) is -0.578. The Labute approximate surface area is 172 Å². The number of anilines is 1. The number of nitrogens with one attached hydrogen (secondary N) is 1. The Morgan fingerprint density at radius 2 is 1.83 bits per heavy atom. The minimum absolute atomic E-state index is 0.288. The molecule has 2 aliphatic rings. The van der Waals surface area contributed by atoms with Gasteiger partial charge in [0.15, 0.2) is 5.60 Å². The van der Waals surface area contributed by atoms with Crippen molar-refractivity contribution in [2.75, 3.05) is 5.32 Å². The first-order valence-corrected chi connectivity index (χ1v) is 10.2. The molecule has 2 N–H and O–H groups in total. The second-order valence-corrected chi connectivity index (χ2v) is 8.33. The molecule has 2 aliphatic carbocycles. The highest BCUT2D eigenvalue weighted by Gasteiger charge is 2.67. The molecule has 4 nitrogen and oxygen atoms in total. The molecule has 156 valence electrons. The highest BCUT2D eigenvalue weighted by molar-refractivity contribution is 5.91. The van der Waals surface area contributed by atoms with E-state index in [0.29, 0.717) is 47.2 Å². The topological polar surface area (TPSA) is 58.0 Å². The van der Waals surface area contributed by atoms with Gasteiger partial charge >= 0.3 is 6.18 Å². The molecular formula is C23H22F3N3O. The summed E-state index contributed by atoms with van der Waals surface area (Å²) in [5.41, 5.74) is -0.336. The minimum Gasteiger partial charge on any atom is -0.378 e. The van der Waals surface area contributed by atoms with Crippen molar-refractivity contribution in [1.29, 1.82) is 0 Å². The number of halogens is 3. The van der Waals surface area contributed by atoms with Gasteiger partial charge in [-0.05, 0) is 48.9 Å². The quantitative estimate of drug-likeness (QED) is 0.600. The van der Waals surface area contributed by atoms with Crippen LogP contribution in [0, 0.1) is 12.8 Å². The molecule has 30 heavy (non-hydrogen) atoms. The van der Waals surface area contributed by atoms with Crippen molar-refractivity contribution >= 4 is 16.6 Å². The fraction of sp³-hybridized carbons (Fsp3) is 0.391. The standard InChI is InChI=1S/C23H22F3N3O/c1-13-27-12-17-19(28-13)10-5-11-20(17)29-21-16-7-3-2-6-14(16)15-8-4-9-18(15)22(21,30)23(24,25)26/h2-3,5-7,10-12,15,18,21,29-30H,4,8-9H2,1H3. The Bertz CT molecular complexity index is 1120. The third kappa shape index (κ3) is 2.71. The van der Waals surface area contributed by atoms with Gasteiger partial charge in [0.2, 0.25) is 0 Å². The number of benzene rings is 2. The average molecular weight is 413 g/mol. The molecule has 3 aromatic rings. The second-order valence-electron chi connectivity index (χ2n) is 8.33. The number of fused-ring (bicyclic) bond motifs is 4. The lowest BCUT2D eigenvalue weighted by atomic mass is 9.64. The monoisotopic (exact) mass is 413 g/mol. The molecule has 2 aromatic carbocycles. The van der Waals surface area contributed by atoms with Gasteiger partial charge in [-0.3, -0.25) is 0 Å². The predicted molar refractivity (Wildman–Crippen MR) is 108 cm³/mol. The fourth-order valence-corrected chi connectivity index (χ4v) is 5.41. The molecule has 0 spiro atoms. The number of alkyl halides is 3. The van der Waals surface area contributed by atoms with E-state index in [1.54, 1.807) is 43.5 Å². The summed E-state index contributed by atoms with van der Waals surface area (Å²) in [6.07, 6.45) is -1.47. The van der Waals surface area contributed by atoms with Gasteiger partial charge in [-0.25, -0.2) is 9.97 Å². The Kier molecular flexibility index (Phi) is 4.29. The van der Waals surface area contributed by atoms with Gasteiger partial charge in [-0.1, -0.05) is 36.8 Å². The van der Waals surface area contributed by atoms with Crippen molar-refractivity contribution in [3.8, 4) is 0 Å². The maximum absolute atomic E-state index is 14.5. The molecule has 4 unspecified atom stereocenters. The van der Waals surface area contributed by atoms with E-state index in [1.165, 1.54) is 0 Å². The molecule has 0 radical (unpaired) electrons. The Morgan fingerprint density at radius 3 is 2.60 bits per heavy atom. The van der Waals surface area contributed by atoms with Crippen molar-refractivity contribution in [2.45, 2.75) is 49.9 Å². The highest BCUT2D eigenvalue weighted by Crippen LogP contribution is 2.60. The molecule has 0 saturated heterocycles. The van der Waals surface area contributed by atoms with Gasteiger partial charge in [0.1, 0.15) is 5.82 Å². The van der Waals surface area contributed by atoms with Crippen LogP contribution in [0.1, 0.15) is 48.2 Å². The molecule has 1 saturated carbocycles. The van der Waals surface area contributed by atoms with Gasteiger partial charge in [0, 0.05) is 23.2 Å². The van der Waals surface area contributed by atoms with Crippen LogP contribution < -0.4 is 5.32 Å². The van der Waals surface area contributed by atoms with E-state index >= 15 is 0 Å². The van der Waals surface area contributed by atoms with Crippen molar-refractivity contribution in [2.24, 2.45) is 5.92 Å². The number of rotatable bonds is 2. The van der Waals surface area contributed by atoms with E-state index in [2.05, 4.69) is 15.3 Å². The molecule has 0 bridgehead atoms. The van der Waals surface area contributed by atoms with E-state index in [9.17, 15) is 18.3 Å². The zero-order valence-corrected chi connectivity index (χ0v) is 16.4. The van der Waals surface area contributed by atoms with E-state index < -0.39 is 23.7 Å². The number of nitrogens with zero attached hydrogens (tertiary/aromatic N) is 2. The first-order valence-electron chi connectivity index (χ1n) is 10.2. The molecule has 1 aromatic heterocycles. The molecule has 1 fully saturated rings. The molecular weight excluding hydrogens is 391 g/mol. The van der Waals surface area contributed by atoms with Crippen molar-refractivity contribution < 1.29 is 18.3 Å². The van der Waals surface area contributed by atoms with Crippen LogP contribution in [0.2, 0.25) is 0 Å². The second kappa shape index (κ2) is 6.67. The van der Waals surface area contributed by atoms with Crippen LogP contribution in [0.3, 0.4) is 0 Å². The van der Waals surface area contributed by atoms with Gasteiger partial charge in [-0.15, -0.1) is 0 Å². The van der Waals surface area contributed by atoms with Crippen LogP contribution in [0.15, 0.2) is 48.7 Å². The normalized spacial score (nSPS) is 28.2. The maximum Gasteiger partial charge on any atom is 0.419 e. The van der Waals surface area contributed by atoms with E-state index in [-0.39, 0.29) is 5.92 Å². The molecule has 0 amide bonds. The summed E-state index contributed by atoms with van der Waals surface area (Å²) >= 11 is 0. The summed E-state index contributed by atoms with van der Waals surface area (Å²) in [5, 5.41) is 15.0. The lowest BCUT2D eigenvalue weighted by Crippen LogP contribution is -2.60. The number of aromatic nitrogens is 2. The number of aryl methyl sites for hydroxylation is 1. The molecule has 0 aliphatic heterocycles. The van der Waals surface area contributed by atoms with E-state index in [1.807, 2.05) is 12.1 Å². The number of aliphatic hydroxyl groups is 1. The Balaban J connectivity index is 1.70. The van der Waals surface area contributed by atoms with E-state index in [4.69, 9.17) is 0 Å². The maximum atomic E-state index is 14.5. The molecule has 1 heterocycles. The highest BCUT2D eigenvalue weighted by atomic mass is 19.4. The van der Waals surface area contributed by atoms with Crippen molar-refractivity contribution in [3.05, 3.63) is 65.6 Å². The lowest BCUT2D eigenvalue weighted by molar-refractivity contribution is -0.290. The number of hydrogen-bond donors (Lipinski definition) is 2. The zero-order valence-electron chi connectivity index (χ0n) is 16.4. The first-order chi connectivity index (χ1) is 14.3. The summed E-state index contributed by atoms with van der Waals surface area (Å²) < 4.78 is 43.4. The third-order valence-corrected chi connectivity index (χ3v) is 6.73. The molecule has 4 atom stereocenters. The summed E-state index contributed by atoms with van der Waals surface area (Å²) in [7, 11) is 0. The summed E-state index contributed by atoms with van der Waals surface area (Å²) in [4.78, 5) is 8.58. The van der Waals surface area contributed by atoms with Crippen LogP contribution in [0.4, 0.5) is 18.9 Å². The van der Waals surface area contributed by atoms with Crippen molar-refractivity contribution in [3.63, 3.8) is 0 Å². The lowest BCUT2D eigenvalue weighted by Gasteiger charge is -2.49. The third-order valence-electron chi connectivity index (χ3n) is 6.73. The molecule has 7 heteroatoms. The van der Waals surface area contributed by atoms with Crippen LogP contribution >= 0.6 is 0 Å².